The van der Waals surface area contributed by atoms with Crippen molar-refractivity contribution in [3.8, 4) is 0 Å². The van der Waals surface area contributed by atoms with Gasteiger partial charge >= 0.3 is 0 Å². The molecule has 0 radical (unpaired) electrons. The van der Waals surface area contributed by atoms with Crippen LogP contribution in [0.25, 0.3) is 0 Å². The van der Waals surface area contributed by atoms with Crippen molar-refractivity contribution in [3.05, 3.63) is 35.9 Å². The van der Waals surface area contributed by atoms with Crippen LogP contribution in [0, 0.1) is 11.8 Å². The molecule has 0 aliphatic carbocycles. The van der Waals surface area contributed by atoms with E-state index in [9.17, 15) is 4.79 Å². The minimum absolute atomic E-state index is 0.175. The number of amides is 1. The molecule has 0 aromatic heterocycles. The zero-order valence-electron chi connectivity index (χ0n) is 10.7. The highest BCUT2D eigenvalue weighted by molar-refractivity contribution is 6.58. The molecule has 0 spiro atoms. The van der Waals surface area contributed by atoms with Gasteiger partial charge in [-0.05, 0) is 11.5 Å². The molecule has 1 aliphatic rings. The Balaban J connectivity index is 2.18. The second-order valence-corrected chi connectivity index (χ2v) is 6.73. The van der Waals surface area contributed by atoms with Gasteiger partial charge in [-0.25, -0.2) is 0 Å². The summed E-state index contributed by atoms with van der Waals surface area (Å²) in [6, 6.07) is 9.80. The fourth-order valence-electron chi connectivity index (χ4n) is 2.47. The molecule has 0 saturated carbocycles. The number of piperidine rings is 1. The summed E-state index contributed by atoms with van der Waals surface area (Å²) in [7, 11) is 0. The molecular weight excluding hydrogens is 305 g/mol. The van der Waals surface area contributed by atoms with Gasteiger partial charge in [0.05, 0.1) is 0 Å². The van der Waals surface area contributed by atoms with Crippen molar-refractivity contribution < 1.29 is 4.79 Å². The number of benzene rings is 1. The first-order valence-corrected chi connectivity index (χ1v) is 7.53. The molecule has 104 valence electrons. The summed E-state index contributed by atoms with van der Waals surface area (Å²) in [4.78, 5) is 14.1. The number of rotatable bonds is 3. The topological polar surface area (TPSA) is 20.3 Å². The third-order valence-corrected chi connectivity index (χ3v) is 4.83. The summed E-state index contributed by atoms with van der Waals surface area (Å²) in [5.74, 6) is 0.00777. The molecule has 1 heterocycles. The van der Waals surface area contributed by atoms with Crippen molar-refractivity contribution >= 4 is 40.7 Å². The first kappa shape index (κ1) is 15.0. The smallest absolute Gasteiger partial charge is 0.259 e. The summed E-state index contributed by atoms with van der Waals surface area (Å²) < 4.78 is -1.42. The van der Waals surface area contributed by atoms with Crippen molar-refractivity contribution in [2.24, 2.45) is 11.8 Å². The van der Waals surface area contributed by atoms with E-state index in [0.29, 0.717) is 19.0 Å². The molecule has 1 aromatic rings. The summed E-state index contributed by atoms with van der Waals surface area (Å²) in [5.41, 5.74) is 1.07. The van der Waals surface area contributed by atoms with Crippen LogP contribution in [0.5, 0.6) is 0 Å². The van der Waals surface area contributed by atoms with Crippen molar-refractivity contribution in [3.63, 3.8) is 0 Å². The van der Waals surface area contributed by atoms with E-state index in [1.807, 2.05) is 37.3 Å². The Kier molecular flexibility index (Phi) is 4.65. The Morgan fingerprint density at radius 3 is 2.53 bits per heavy atom. The Morgan fingerprint density at radius 1 is 1.32 bits per heavy atom. The van der Waals surface area contributed by atoms with Gasteiger partial charge in [-0.3, -0.25) is 4.79 Å². The fraction of sp³-hybridized carbons (Fsp3) is 0.500. The van der Waals surface area contributed by atoms with Crippen molar-refractivity contribution in [2.75, 3.05) is 12.4 Å². The Bertz CT molecular complexity index is 449. The molecule has 2 rings (SSSR count). The van der Waals surface area contributed by atoms with Crippen LogP contribution in [0.1, 0.15) is 12.5 Å². The largest absolute Gasteiger partial charge is 0.335 e. The molecule has 1 fully saturated rings. The molecule has 1 amide bonds. The number of halogens is 3. The lowest BCUT2D eigenvalue weighted by Gasteiger charge is -2.43. The van der Waals surface area contributed by atoms with E-state index in [-0.39, 0.29) is 17.7 Å². The van der Waals surface area contributed by atoms with Crippen LogP contribution in [-0.4, -0.2) is 27.6 Å². The molecular formula is C14H16Cl3NO. The predicted molar refractivity (Wildman–Crippen MR) is 79.7 cm³/mol. The van der Waals surface area contributed by atoms with E-state index in [0.717, 1.165) is 5.56 Å². The number of likely N-dealkylation sites (tertiary alicyclic amines) is 1. The molecule has 0 N–H and O–H groups in total. The van der Waals surface area contributed by atoms with Crippen molar-refractivity contribution in [1.82, 2.24) is 4.90 Å². The van der Waals surface area contributed by atoms with E-state index in [1.165, 1.54) is 0 Å². The van der Waals surface area contributed by atoms with Gasteiger partial charge in [0.2, 0.25) is 0 Å². The van der Waals surface area contributed by atoms with Gasteiger partial charge in [-0.1, -0.05) is 60.5 Å². The van der Waals surface area contributed by atoms with Gasteiger partial charge in [0.15, 0.2) is 4.33 Å². The minimum Gasteiger partial charge on any atom is -0.335 e. The third-order valence-electron chi connectivity index (χ3n) is 3.62. The first-order valence-electron chi connectivity index (χ1n) is 6.24. The number of carbonyl (C=O) groups excluding carboxylic acids is 1. The van der Waals surface area contributed by atoms with Crippen LogP contribution in [0.2, 0.25) is 0 Å². The van der Waals surface area contributed by atoms with Crippen LogP contribution in [-0.2, 0) is 11.3 Å². The molecule has 1 aliphatic heterocycles. The highest BCUT2D eigenvalue weighted by Gasteiger charge is 2.50. The SMILES string of the molecule is CC1CN(Cc2ccccc2)C(=O)C(Cl)(Cl)C1CCl. The van der Waals surface area contributed by atoms with Gasteiger partial charge in [0.25, 0.3) is 5.91 Å². The van der Waals surface area contributed by atoms with Gasteiger partial charge in [0.1, 0.15) is 0 Å². The van der Waals surface area contributed by atoms with Crippen LogP contribution in [0.3, 0.4) is 0 Å². The lowest BCUT2D eigenvalue weighted by atomic mass is 9.87. The summed E-state index contributed by atoms with van der Waals surface area (Å²) in [5, 5.41) is 0. The summed E-state index contributed by atoms with van der Waals surface area (Å²) >= 11 is 18.4. The van der Waals surface area contributed by atoms with Crippen LogP contribution < -0.4 is 0 Å². The average molecular weight is 321 g/mol. The molecule has 0 bridgehead atoms. The van der Waals surface area contributed by atoms with Gasteiger partial charge in [-0.15, -0.1) is 11.6 Å². The average Bonchev–Trinajstić information content (AvgIpc) is 2.37. The number of hydrogen-bond acceptors (Lipinski definition) is 1. The number of carbonyl (C=O) groups is 1. The van der Waals surface area contributed by atoms with Crippen LogP contribution >= 0.6 is 34.8 Å². The van der Waals surface area contributed by atoms with E-state index in [1.54, 1.807) is 4.90 Å². The summed E-state index contributed by atoms with van der Waals surface area (Å²) in [6.07, 6.45) is 0. The van der Waals surface area contributed by atoms with Crippen LogP contribution in [0.15, 0.2) is 30.3 Å². The quantitative estimate of drug-likeness (QED) is 0.778. The molecule has 19 heavy (non-hydrogen) atoms. The van der Waals surface area contributed by atoms with E-state index in [2.05, 4.69) is 0 Å². The highest BCUT2D eigenvalue weighted by Crippen LogP contribution is 2.42. The maximum Gasteiger partial charge on any atom is 0.259 e. The normalized spacial score (nSPS) is 26.5. The Labute approximate surface area is 128 Å². The molecule has 2 nitrogen and oxygen atoms in total. The fourth-order valence-corrected chi connectivity index (χ4v) is 3.99. The molecule has 1 saturated heterocycles. The zero-order chi connectivity index (χ0) is 14.0. The maximum atomic E-state index is 12.4. The lowest BCUT2D eigenvalue weighted by molar-refractivity contribution is -0.138. The monoisotopic (exact) mass is 319 g/mol. The number of alkyl halides is 3. The first-order chi connectivity index (χ1) is 8.96. The van der Waals surface area contributed by atoms with Gasteiger partial charge in [-0.2, -0.15) is 0 Å². The van der Waals surface area contributed by atoms with E-state index >= 15 is 0 Å². The predicted octanol–water partition coefficient (Wildman–Crippen LogP) is 3.69. The standard InChI is InChI=1S/C14H16Cl3NO/c1-10-8-18(9-11-5-3-2-4-6-11)13(19)14(16,17)12(10)7-15/h2-6,10,12H,7-9H2,1H3. The Hall–Kier alpha value is -0.440. The lowest BCUT2D eigenvalue weighted by Crippen LogP contribution is -2.56. The number of nitrogens with zero attached hydrogens (tertiary/aromatic N) is 1. The number of hydrogen-bond donors (Lipinski definition) is 0. The molecule has 1 aromatic carbocycles. The molecule has 2 unspecified atom stereocenters. The highest BCUT2D eigenvalue weighted by atomic mass is 35.5. The maximum absolute atomic E-state index is 12.4. The molecule has 2 atom stereocenters. The van der Waals surface area contributed by atoms with Crippen molar-refractivity contribution in [2.45, 2.75) is 17.8 Å². The van der Waals surface area contributed by atoms with Crippen LogP contribution in [0.4, 0.5) is 0 Å². The summed E-state index contributed by atoms with van der Waals surface area (Å²) in [6.45, 7) is 3.18. The zero-order valence-corrected chi connectivity index (χ0v) is 12.9. The third kappa shape index (κ3) is 3.01. The van der Waals surface area contributed by atoms with Gasteiger partial charge < -0.3 is 4.90 Å². The van der Waals surface area contributed by atoms with Gasteiger partial charge in [0, 0.05) is 24.9 Å². The molecule has 5 heteroatoms. The van der Waals surface area contributed by atoms with E-state index < -0.39 is 4.33 Å². The minimum atomic E-state index is -1.42. The second-order valence-electron chi connectivity index (χ2n) is 5.03. The Morgan fingerprint density at radius 2 is 1.95 bits per heavy atom. The second kappa shape index (κ2) is 5.90. The van der Waals surface area contributed by atoms with E-state index in [4.69, 9.17) is 34.8 Å². The van der Waals surface area contributed by atoms with Crippen molar-refractivity contribution in [1.29, 1.82) is 0 Å².